The maximum Gasteiger partial charge on any atom is 0.214 e. The molecule has 1 aliphatic rings. The third kappa shape index (κ3) is 3.41. The first kappa shape index (κ1) is 13.9. The van der Waals surface area contributed by atoms with Crippen molar-refractivity contribution in [2.45, 2.75) is 39.7 Å². The van der Waals surface area contributed by atoms with E-state index in [1.807, 2.05) is 20.8 Å². The number of hydrogen-bond donors (Lipinski definition) is 2. The van der Waals surface area contributed by atoms with Crippen molar-refractivity contribution in [2.24, 2.45) is 11.3 Å². The minimum atomic E-state index is -3.05. The molecule has 0 radical (unpaired) electrons. The number of nitrogens with one attached hydrogen (secondary N) is 1. The normalized spacial score (nSPS) is 24.2. The van der Waals surface area contributed by atoms with Crippen LogP contribution in [0, 0.1) is 5.41 Å². The molecule has 0 unspecified atom stereocenters. The Kier molecular flexibility index (Phi) is 4.34. The van der Waals surface area contributed by atoms with Crippen molar-refractivity contribution in [3.05, 3.63) is 0 Å². The van der Waals surface area contributed by atoms with Gasteiger partial charge in [0.2, 0.25) is 10.0 Å². The third-order valence-corrected chi connectivity index (χ3v) is 5.01. The van der Waals surface area contributed by atoms with E-state index in [4.69, 9.17) is 5.84 Å². The lowest BCUT2D eigenvalue weighted by Crippen LogP contribution is -2.53. The highest BCUT2D eigenvalue weighted by Crippen LogP contribution is 2.22. The molecular formula is C10H23N3O2S. The van der Waals surface area contributed by atoms with Crippen LogP contribution >= 0.6 is 0 Å². The van der Waals surface area contributed by atoms with Crippen molar-refractivity contribution in [1.29, 1.82) is 0 Å². The topological polar surface area (TPSA) is 75.4 Å². The Hall–Kier alpha value is -0.170. The molecule has 0 amide bonds. The highest BCUT2D eigenvalue weighted by Gasteiger charge is 2.32. The van der Waals surface area contributed by atoms with Crippen LogP contribution in [0.4, 0.5) is 0 Å². The van der Waals surface area contributed by atoms with Gasteiger partial charge in [-0.2, -0.15) is 0 Å². The summed E-state index contributed by atoms with van der Waals surface area (Å²) >= 11 is 0. The van der Waals surface area contributed by atoms with E-state index < -0.39 is 10.0 Å². The van der Waals surface area contributed by atoms with Crippen LogP contribution in [0.3, 0.4) is 0 Å². The van der Waals surface area contributed by atoms with Crippen molar-refractivity contribution in [2.75, 3.05) is 18.8 Å². The fraction of sp³-hybridized carbons (Fsp3) is 1.00. The molecule has 0 aromatic rings. The summed E-state index contributed by atoms with van der Waals surface area (Å²) in [6.45, 7) is 7.23. The second-order valence-electron chi connectivity index (χ2n) is 5.47. The predicted molar refractivity (Wildman–Crippen MR) is 65.2 cm³/mol. The smallest absolute Gasteiger partial charge is 0.214 e. The van der Waals surface area contributed by atoms with Crippen molar-refractivity contribution in [1.82, 2.24) is 9.73 Å². The van der Waals surface area contributed by atoms with E-state index in [9.17, 15) is 8.42 Å². The molecule has 3 N–H and O–H groups in total. The molecule has 0 aromatic carbocycles. The van der Waals surface area contributed by atoms with E-state index in [0.29, 0.717) is 13.1 Å². The Balaban J connectivity index is 2.71. The monoisotopic (exact) mass is 249 g/mol. The van der Waals surface area contributed by atoms with Crippen LogP contribution in [-0.2, 0) is 10.0 Å². The van der Waals surface area contributed by atoms with E-state index in [0.717, 1.165) is 12.8 Å². The molecule has 1 atom stereocenters. The first-order valence-corrected chi connectivity index (χ1v) is 7.32. The highest BCUT2D eigenvalue weighted by molar-refractivity contribution is 7.89. The quantitative estimate of drug-likeness (QED) is 0.557. The van der Waals surface area contributed by atoms with Gasteiger partial charge in [0, 0.05) is 19.1 Å². The van der Waals surface area contributed by atoms with Gasteiger partial charge in [0.15, 0.2) is 0 Å². The molecule has 96 valence electrons. The Morgan fingerprint density at radius 3 is 2.44 bits per heavy atom. The summed E-state index contributed by atoms with van der Waals surface area (Å²) in [6.07, 6.45) is 1.72. The van der Waals surface area contributed by atoms with E-state index in [1.54, 1.807) is 4.31 Å². The molecule has 0 aliphatic carbocycles. The molecule has 1 saturated heterocycles. The summed E-state index contributed by atoms with van der Waals surface area (Å²) < 4.78 is 25.2. The van der Waals surface area contributed by atoms with Gasteiger partial charge in [-0.25, -0.2) is 12.7 Å². The number of hydrogen-bond acceptors (Lipinski definition) is 4. The van der Waals surface area contributed by atoms with Gasteiger partial charge in [-0.3, -0.25) is 11.3 Å². The molecule has 0 aromatic heterocycles. The largest absolute Gasteiger partial charge is 0.271 e. The molecule has 1 rings (SSSR count). The third-order valence-electron chi connectivity index (χ3n) is 3.09. The van der Waals surface area contributed by atoms with Gasteiger partial charge < -0.3 is 0 Å². The number of nitrogens with zero attached hydrogens (tertiary/aromatic N) is 1. The average molecular weight is 249 g/mol. The first-order valence-electron chi connectivity index (χ1n) is 5.71. The standard InChI is InChI=1S/C10H23N3O2S/c1-10(2,3)9(12-11)8-13-6-4-5-7-16(13,14)15/h9,12H,4-8,11H2,1-3H3/t9-/m1/s1. The summed E-state index contributed by atoms with van der Waals surface area (Å²) in [5.41, 5.74) is 2.67. The minimum absolute atomic E-state index is 0.0274. The van der Waals surface area contributed by atoms with Crippen LogP contribution in [0.2, 0.25) is 0 Å². The zero-order valence-electron chi connectivity index (χ0n) is 10.4. The maximum atomic E-state index is 11.8. The van der Waals surface area contributed by atoms with Crippen molar-refractivity contribution in [3.63, 3.8) is 0 Å². The number of nitrogens with two attached hydrogens (primary N) is 1. The Bertz CT molecular complexity index is 321. The summed E-state index contributed by atoms with van der Waals surface area (Å²) in [4.78, 5) is 0. The molecule has 5 nitrogen and oxygen atoms in total. The van der Waals surface area contributed by atoms with E-state index in [-0.39, 0.29) is 17.2 Å². The van der Waals surface area contributed by atoms with Gasteiger partial charge >= 0.3 is 0 Å². The SMILES string of the molecule is CC(C)(C)[C@@H](CN1CCCCS1(=O)=O)NN. The van der Waals surface area contributed by atoms with Gasteiger partial charge in [-0.15, -0.1) is 0 Å². The molecule has 16 heavy (non-hydrogen) atoms. The van der Waals surface area contributed by atoms with Gasteiger partial charge in [0.1, 0.15) is 0 Å². The lowest BCUT2D eigenvalue weighted by atomic mass is 9.87. The van der Waals surface area contributed by atoms with Gasteiger partial charge in [-0.05, 0) is 18.3 Å². The number of rotatable bonds is 3. The minimum Gasteiger partial charge on any atom is -0.271 e. The summed E-state index contributed by atoms with van der Waals surface area (Å²) in [5, 5.41) is 0. The zero-order valence-corrected chi connectivity index (χ0v) is 11.2. The Labute approximate surface area is 98.4 Å². The lowest BCUT2D eigenvalue weighted by Gasteiger charge is -2.35. The van der Waals surface area contributed by atoms with Crippen LogP contribution in [0.5, 0.6) is 0 Å². The van der Waals surface area contributed by atoms with Crippen LogP contribution in [0.25, 0.3) is 0 Å². The zero-order chi connectivity index (χ0) is 12.4. The van der Waals surface area contributed by atoms with Crippen LogP contribution < -0.4 is 11.3 Å². The predicted octanol–water partition coefficient (Wildman–Crippen LogP) is 0.290. The van der Waals surface area contributed by atoms with Crippen LogP contribution in [0.1, 0.15) is 33.6 Å². The van der Waals surface area contributed by atoms with E-state index in [2.05, 4.69) is 5.43 Å². The molecule has 0 spiro atoms. The Morgan fingerprint density at radius 2 is 2.00 bits per heavy atom. The molecule has 1 fully saturated rings. The lowest BCUT2D eigenvalue weighted by molar-refractivity contribution is 0.221. The first-order chi connectivity index (χ1) is 7.27. The van der Waals surface area contributed by atoms with Crippen molar-refractivity contribution >= 4 is 10.0 Å². The maximum absolute atomic E-state index is 11.8. The Morgan fingerprint density at radius 1 is 1.38 bits per heavy atom. The van der Waals surface area contributed by atoms with Gasteiger partial charge in [0.05, 0.1) is 5.75 Å². The fourth-order valence-electron chi connectivity index (χ4n) is 1.83. The second-order valence-corrected chi connectivity index (χ2v) is 7.55. The van der Waals surface area contributed by atoms with E-state index in [1.165, 1.54) is 0 Å². The second kappa shape index (κ2) is 5.00. The van der Waals surface area contributed by atoms with Gasteiger partial charge in [0.25, 0.3) is 0 Å². The highest BCUT2D eigenvalue weighted by atomic mass is 32.2. The van der Waals surface area contributed by atoms with E-state index >= 15 is 0 Å². The molecule has 1 heterocycles. The molecular weight excluding hydrogens is 226 g/mol. The van der Waals surface area contributed by atoms with Crippen LogP contribution in [-0.4, -0.2) is 37.6 Å². The average Bonchev–Trinajstić information content (AvgIpc) is 2.13. The van der Waals surface area contributed by atoms with Gasteiger partial charge in [-0.1, -0.05) is 20.8 Å². The number of sulfonamides is 1. The number of hydrazine groups is 1. The molecule has 1 aliphatic heterocycles. The summed E-state index contributed by atoms with van der Waals surface area (Å²) in [6, 6.07) is -0.0274. The van der Waals surface area contributed by atoms with Crippen molar-refractivity contribution in [3.8, 4) is 0 Å². The summed E-state index contributed by atoms with van der Waals surface area (Å²) in [5.74, 6) is 5.77. The summed E-state index contributed by atoms with van der Waals surface area (Å²) in [7, 11) is -3.05. The van der Waals surface area contributed by atoms with Crippen molar-refractivity contribution < 1.29 is 8.42 Å². The molecule has 6 heteroatoms. The van der Waals surface area contributed by atoms with Crippen LogP contribution in [0.15, 0.2) is 0 Å². The fourth-order valence-corrected chi connectivity index (χ4v) is 3.44. The molecule has 0 bridgehead atoms. The molecule has 0 saturated carbocycles.